The zero-order valence-electron chi connectivity index (χ0n) is 15.8. The minimum atomic E-state index is -0.0430. The molecule has 26 heavy (non-hydrogen) atoms. The third-order valence-electron chi connectivity index (χ3n) is 5.37. The Bertz CT molecular complexity index is 524. The van der Waals surface area contributed by atoms with Crippen LogP contribution in [-0.2, 0) is 0 Å². The van der Waals surface area contributed by atoms with E-state index in [-0.39, 0.29) is 18.3 Å². The van der Waals surface area contributed by atoms with Crippen LogP contribution in [0.15, 0.2) is 12.3 Å². The molecular weight excluding hydrogens is 350 g/mol. The number of nitrogens with zero attached hydrogens (tertiary/aromatic N) is 3. The lowest BCUT2D eigenvalue weighted by atomic mass is 10.1. The minimum Gasteiger partial charge on any atom is -0.351 e. The molecule has 0 aromatic carbocycles. The van der Waals surface area contributed by atoms with E-state index in [1.165, 1.54) is 58.2 Å². The number of carbonyl (C=O) groups excluding carboxylic acids is 1. The molecule has 2 N–H and O–H groups in total. The van der Waals surface area contributed by atoms with Crippen molar-refractivity contribution in [3.05, 3.63) is 18.0 Å². The molecule has 2 aliphatic rings. The van der Waals surface area contributed by atoms with E-state index in [2.05, 4.69) is 20.6 Å². The standard InChI is InChI=1S/C19H33N5O.ClH/c25-19(18-9-15-24(22-18)17-8-7-10-20-16-17)21-11-3-1-4-12-23-13-5-2-6-14-23;/h9,15,17,20H,1-8,10-14,16H2,(H,21,25);1H. The SMILES string of the molecule is Cl.O=C(NCCCCCN1CCCCC1)c1ccn(C2CCCNC2)n1. The first-order valence-electron chi connectivity index (χ1n) is 10.1. The maximum atomic E-state index is 12.2. The number of piperidine rings is 2. The molecular formula is C19H34ClN5O. The van der Waals surface area contributed by atoms with Crippen LogP contribution >= 0.6 is 12.4 Å². The Hall–Kier alpha value is -1.11. The van der Waals surface area contributed by atoms with Crippen LogP contribution in [-0.4, -0.2) is 59.9 Å². The van der Waals surface area contributed by atoms with Crippen molar-refractivity contribution in [3.63, 3.8) is 0 Å². The molecule has 7 heteroatoms. The Morgan fingerprint density at radius 1 is 1.19 bits per heavy atom. The van der Waals surface area contributed by atoms with Gasteiger partial charge in [0.05, 0.1) is 6.04 Å². The number of amides is 1. The summed E-state index contributed by atoms with van der Waals surface area (Å²) in [6, 6.07) is 2.21. The summed E-state index contributed by atoms with van der Waals surface area (Å²) in [5.41, 5.74) is 0.541. The van der Waals surface area contributed by atoms with E-state index in [1.807, 2.05) is 16.9 Å². The van der Waals surface area contributed by atoms with Gasteiger partial charge in [-0.2, -0.15) is 5.10 Å². The number of aromatic nitrogens is 2. The van der Waals surface area contributed by atoms with Gasteiger partial charge >= 0.3 is 0 Å². The Morgan fingerprint density at radius 2 is 2.04 bits per heavy atom. The van der Waals surface area contributed by atoms with Gasteiger partial charge in [0, 0.05) is 19.3 Å². The Morgan fingerprint density at radius 3 is 2.81 bits per heavy atom. The zero-order chi connectivity index (χ0) is 17.3. The van der Waals surface area contributed by atoms with Crippen LogP contribution in [0.25, 0.3) is 0 Å². The summed E-state index contributed by atoms with van der Waals surface area (Å²) in [5.74, 6) is -0.0430. The van der Waals surface area contributed by atoms with Crippen LogP contribution in [0.3, 0.4) is 0 Å². The third-order valence-corrected chi connectivity index (χ3v) is 5.37. The number of halogens is 1. The Kier molecular flexibility index (Phi) is 9.43. The fraction of sp³-hybridized carbons (Fsp3) is 0.789. The number of rotatable bonds is 8. The molecule has 2 aliphatic heterocycles. The first-order chi connectivity index (χ1) is 12.3. The summed E-state index contributed by atoms with van der Waals surface area (Å²) in [5, 5.41) is 10.9. The molecule has 0 saturated carbocycles. The van der Waals surface area contributed by atoms with Gasteiger partial charge in [0.15, 0.2) is 0 Å². The average Bonchev–Trinajstić information content (AvgIpc) is 3.16. The molecule has 148 valence electrons. The van der Waals surface area contributed by atoms with Gasteiger partial charge in [0.25, 0.3) is 5.91 Å². The number of likely N-dealkylation sites (tertiary alicyclic amines) is 1. The summed E-state index contributed by atoms with van der Waals surface area (Å²) in [6.07, 6.45) is 11.8. The first kappa shape index (κ1) is 21.2. The predicted octanol–water partition coefficient (Wildman–Crippen LogP) is 2.62. The van der Waals surface area contributed by atoms with Gasteiger partial charge in [-0.1, -0.05) is 12.8 Å². The van der Waals surface area contributed by atoms with Crippen molar-refractivity contribution >= 4 is 18.3 Å². The topological polar surface area (TPSA) is 62.2 Å². The highest BCUT2D eigenvalue weighted by Crippen LogP contribution is 2.15. The molecule has 6 nitrogen and oxygen atoms in total. The number of unbranched alkanes of at least 4 members (excludes halogenated alkanes) is 2. The molecule has 0 bridgehead atoms. The molecule has 0 spiro atoms. The van der Waals surface area contributed by atoms with E-state index >= 15 is 0 Å². The number of hydrogen-bond acceptors (Lipinski definition) is 4. The van der Waals surface area contributed by atoms with Crippen LogP contribution in [0.5, 0.6) is 0 Å². The van der Waals surface area contributed by atoms with Gasteiger partial charge in [-0.25, -0.2) is 0 Å². The predicted molar refractivity (Wildman–Crippen MR) is 107 cm³/mol. The van der Waals surface area contributed by atoms with Gasteiger partial charge in [0.2, 0.25) is 0 Å². The molecule has 2 fully saturated rings. The fourth-order valence-electron chi connectivity index (χ4n) is 3.83. The smallest absolute Gasteiger partial charge is 0.271 e. The second-order valence-corrected chi connectivity index (χ2v) is 7.40. The van der Waals surface area contributed by atoms with E-state index in [0.29, 0.717) is 11.7 Å². The lowest BCUT2D eigenvalue weighted by Gasteiger charge is -2.26. The minimum absolute atomic E-state index is 0. The van der Waals surface area contributed by atoms with E-state index in [9.17, 15) is 4.79 Å². The second-order valence-electron chi connectivity index (χ2n) is 7.40. The highest BCUT2D eigenvalue weighted by Gasteiger charge is 2.17. The summed E-state index contributed by atoms with van der Waals surface area (Å²) in [4.78, 5) is 14.8. The van der Waals surface area contributed by atoms with Crippen molar-refractivity contribution < 1.29 is 4.79 Å². The lowest BCUT2D eigenvalue weighted by molar-refractivity contribution is 0.0946. The van der Waals surface area contributed by atoms with Gasteiger partial charge in [0.1, 0.15) is 5.69 Å². The maximum absolute atomic E-state index is 12.2. The number of hydrogen-bond donors (Lipinski definition) is 2. The summed E-state index contributed by atoms with van der Waals surface area (Å²) < 4.78 is 1.94. The fourth-order valence-corrected chi connectivity index (χ4v) is 3.83. The summed E-state index contributed by atoms with van der Waals surface area (Å²) in [6.45, 7) is 6.54. The van der Waals surface area contributed by atoms with E-state index in [4.69, 9.17) is 0 Å². The van der Waals surface area contributed by atoms with Crippen LogP contribution in [0.2, 0.25) is 0 Å². The van der Waals surface area contributed by atoms with Gasteiger partial charge in [-0.3, -0.25) is 9.48 Å². The van der Waals surface area contributed by atoms with E-state index in [1.54, 1.807) is 0 Å². The molecule has 1 amide bonds. The van der Waals surface area contributed by atoms with Crippen molar-refractivity contribution in [3.8, 4) is 0 Å². The molecule has 3 heterocycles. The van der Waals surface area contributed by atoms with Crippen molar-refractivity contribution in [2.75, 3.05) is 39.3 Å². The van der Waals surface area contributed by atoms with Gasteiger partial charge in [-0.05, 0) is 70.8 Å². The average molecular weight is 384 g/mol. The van der Waals surface area contributed by atoms with Crippen molar-refractivity contribution in [2.45, 2.75) is 57.4 Å². The van der Waals surface area contributed by atoms with Crippen molar-refractivity contribution in [1.29, 1.82) is 0 Å². The van der Waals surface area contributed by atoms with E-state index in [0.717, 1.165) is 32.5 Å². The molecule has 1 aromatic heterocycles. The normalized spacial score (nSPS) is 21.2. The largest absolute Gasteiger partial charge is 0.351 e. The number of carbonyl (C=O) groups is 1. The molecule has 2 saturated heterocycles. The van der Waals surface area contributed by atoms with Crippen molar-refractivity contribution in [1.82, 2.24) is 25.3 Å². The first-order valence-corrected chi connectivity index (χ1v) is 10.1. The van der Waals surface area contributed by atoms with Crippen LogP contribution in [0.4, 0.5) is 0 Å². The molecule has 3 rings (SSSR count). The van der Waals surface area contributed by atoms with Crippen LogP contribution in [0.1, 0.15) is 67.9 Å². The maximum Gasteiger partial charge on any atom is 0.271 e. The lowest BCUT2D eigenvalue weighted by Crippen LogP contribution is -2.32. The van der Waals surface area contributed by atoms with Gasteiger partial charge in [-0.15, -0.1) is 12.4 Å². The highest BCUT2D eigenvalue weighted by molar-refractivity contribution is 5.92. The third kappa shape index (κ3) is 6.56. The van der Waals surface area contributed by atoms with Crippen LogP contribution in [0, 0.1) is 0 Å². The van der Waals surface area contributed by atoms with Gasteiger partial charge < -0.3 is 15.5 Å². The monoisotopic (exact) mass is 383 g/mol. The molecule has 1 aromatic rings. The zero-order valence-corrected chi connectivity index (χ0v) is 16.6. The van der Waals surface area contributed by atoms with Crippen molar-refractivity contribution in [2.24, 2.45) is 0 Å². The molecule has 1 unspecified atom stereocenters. The Balaban J connectivity index is 0.00000243. The van der Waals surface area contributed by atoms with Crippen LogP contribution < -0.4 is 10.6 Å². The molecule has 1 atom stereocenters. The second kappa shape index (κ2) is 11.6. The Labute approximate surface area is 163 Å². The summed E-state index contributed by atoms with van der Waals surface area (Å²) >= 11 is 0. The number of nitrogens with one attached hydrogen (secondary N) is 2. The molecule has 0 aliphatic carbocycles. The summed E-state index contributed by atoms with van der Waals surface area (Å²) in [7, 11) is 0. The highest BCUT2D eigenvalue weighted by atomic mass is 35.5. The van der Waals surface area contributed by atoms with E-state index < -0.39 is 0 Å². The quantitative estimate of drug-likeness (QED) is 0.677. The molecule has 0 radical (unpaired) electrons.